The van der Waals surface area contributed by atoms with Gasteiger partial charge in [0, 0.05) is 29.4 Å². The largest absolute Gasteiger partial charge is 0.451 e. The molecule has 118 valence electrons. The summed E-state index contributed by atoms with van der Waals surface area (Å²) in [5, 5.41) is 0.820. The van der Waals surface area contributed by atoms with E-state index in [0.717, 1.165) is 16.8 Å². The Kier molecular flexibility index (Phi) is 3.78. The molecule has 0 saturated heterocycles. The van der Waals surface area contributed by atoms with E-state index in [9.17, 15) is 9.59 Å². The molecule has 0 fully saturated rings. The first kappa shape index (κ1) is 15.1. The normalized spacial score (nSPS) is 10.9. The van der Waals surface area contributed by atoms with Crippen molar-refractivity contribution in [2.75, 3.05) is 6.61 Å². The van der Waals surface area contributed by atoms with Gasteiger partial charge in [-0.2, -0.15) is 0 Å². The number of hydrogen-bond acceptors (Lipinski definition) is 4. The van der Waals surface area contributed by atoms with E-state index < -0.39 is 5.97 Å². The fourth-order valence-electron chi connectivity index (χ4n) is 2.50. The number of furan rings is 1. The van der Waals surface area contributed by atoms with Gasteiger partial charge in [0.15, 0.2) is 6.61 Å². The topological polar surface area (TPSA) is 61.4 Å². The quantitative estimate of drug-likeness (QED) is 0.547. The van der Waals surface area contributed by atoms with Gasteiger partial charge >= 0.3 is 5.97 Å². The molecule has 0 radical (unpaired) electrons. The van der Waals surface area contributed by atoms with Gasteiger partial charge in [-0.15, -0.1) is 0 Å². The summed E-state index contributed by atoms with van der Waals surface area (Å²) in [5.41, 5.74) is 3.02. The number of Topliss-reactive ketones (excluding diaryl/α,β-unsaturated/α-hetero) is 1. The van der Waals surface area contributed by atoms with E-state index in [4.69, 9.17) is 9.15 Å². The van der Waals surface area contributed by atoms with Crippen molar-refractivity contribution in [3.63, 3.8) is 0 Å². The van der Waals surface area contributed by atoms with Crippen LogP contribution in [0.4, 0.5) is 0 Å². The summed E-state index contributed by atoms with van der Waals surface area (Å²) in [7, 11) is 1.89. The Balaban J connectivity index is 1.71. The number of carbonyl (C=O) groups excluding carboxylic acids is 2. The molecular formula is C18H17NO4. The van der Waals surface area contributed by atoms with Crippen LogP contribution in [0.5, 0.6) is 0 Å². The molecule has 3 aromatic rings. The minimum atomic E-state index is -0.639. The van der Waals surface area contributed by atoms with Crippen LogP contribution < -0.4 is 0 Å². The van der Waals surface area contributed by atoms with Crippen LogP contribution in [0.25, 0.3) is 11.0 Å². The van der Waals surface area contributed by atoms with Crippen LogP contribution in [0, 0.1) is 13.8 Å². The Morgan fingerprint density at radius 2 is 1.91 bits per heavy atom. The summed E-state index contributed by atoms with van der Waals surface area (Å²) in [6, 6.07) is 10.7. The van der Waals surface area contributed by atoms with Gasteiger partial charge in [0.1, 0.15) is 5.58 Å². The number of esters is 1. The molecule has 0 aliphatic carbocycles. The van der Waals surface area contributed by atoms with Gasteiger partial charge in [0.2, 0.25) is 11.5 Å². The van der Waals surface area contributed by atoms with Crippen molar-refractivity contribution in [1.29, 1.82) is 0 Å². The third-order valence-corrected chi connectivity index (χ3v) is 4.04. The molecule has 5 heteroatoms. The smallest absolute Gasteiger partial charge is 0.374 e. The standard InChI is InChI=1S/C18H17NO4/c1-11-8-14(12(2)19(11)3)15(20)10-22-18(21)17-9-13-6-4-5-7-16(13)23-17/h4-9H,10H2,1-3H3. The zero-order valence-corrected chi connectivity index (χ0v) is 13.3. The maximum absolute atomic E-state index is 12.2. The Hall–Kier alpha value is -2.82. The summed E-state index contributed by atoms with van der Waals surface area (Å²) in [6.45, 7) is 3.48. The number of ketones is 1. The number of rotatable bonds is 4. The highest BCUT2D eigenvalue weighted by atomic mass is 16.5. The number of para-hydroxylation sites is 1. The SMILES string of the molecule is Cc1cc(C(=O)COC(=O)c2cc3ccccc3o2)c(C)n1C. The molecule has 0 unspecified atom stereocenters. The van der Waals surface area contributed by atoms with E-state index in [1.54, 1.807) is 18.2 Å². The molecule has 1 aromatic carbocycles. The van der Waals surface area contributed by atoms with Crippen molar-refractivity contribution < 1.29 is 18.7 Å². The van der Waals surface area contributed by atoms with Crippen LogP contribution in [-0.2, 0) is 11.8 Å². The Bertz CT molecular complexity index is 868. The molecule has 2 aromatic heterocycles. The van der Waals surface area contributed by atoms with Crippen LogP contribution in [0.3, 0.4) is 0 Å². The number of aryl methyl sites for hydroxylation is 1. The third kappa shape index (κ3) is 2.77. The van der Waals surface area contributed by atoms with Crippen LogP contribution in [0.15, 0.2) is 40.8 Å². The molecular weight excluding hydrogens is 294 g/mol. The molecule has 0 amide bonds. The van der Waals surface area contributed by atoms with Crippen molar-refractivity contribution in [3.05, 3.63) is 59.1 Å². The summed E-state index contributed by atoms with van der Waals surface area (Å²) < 4.78 is 12.4. The monoisotopic (exact) mass is 311 g/mol. The van der Waals surface area contributed by atoms with Crippen LogP contribution in [-0.4, -0.2) is 22.9 Å². The highest BCUT2D eigenvalue weighted by Crippen LogP contribution is 2.20. The average Bonchev–Trinajstić information content (AvgIpc) is 3.09. The Labute approximate surface area is 133 Å². The number of fused-ring (bicyclic) bond motifs is 1. The lowest BCUT2D eigenvalue weighted by atomic mass is 10.1. The maximum atomic E-state index is 12.2. The summed E-state index contributed by atoms with van der Waals surface area (Å²) in [4.78, 5) is 24.3. The van der Waals surface area contributed by atoms with Crippen LogP contribution in [0.2, 0.25) is 0 Å². The average molecular weight is 311 g/mol. The second-order valence-corrected chi connectivity index (χ2v) is 5.49. The Morgan fingerprint density at radius 1 is 1.17 bits per heavy atom. The summed E-state index contributed by atoms with van der Waals surface area (Å²) in [6.07, 6.45) is 0. The molecule has 0 spiro atoms. The lowest BCUT2D eigenvalue weighted by Crippen LogP contribution is -2.14. The zero-order valence-electron chi connectivity index (χ0n) is 13.3. The van der Waals surface area contributed by atoms with Gasteiger partial charge in [-0.25, -0.2) is 4.79 Å². The van der Waals surface area contributed by atoms with E-state index >= 15 is 0 Å². The van der Waals surface area contributed by atoms with E-state index in [2.05, 4.69) is 0 Å². The minimum absolute atomic E-state index is 0.0972. The Morgan fingerprint density at radius 3 is 2.57 bits per heavy atom. The molecule has 23 heavy (non-hydrogen) atoms. The van der Waals surface area contributed by atoms with Gasteiger partial charge in [-0.1, -0.05) is 18.2 Å². The third-order valence-electron chi connectivity index (χ3n) is 4.04. The van der Waals surface area contributed by atoms with Gasteiger partial charge < -0.3 is 13.7 Å². The second-order valence-electron chi connectivity index (χ2n) is 5.49. The summed E-state index contributed by atoms with van der Waals surface area (Å²) >= 11 is 0. The van der Waals surface area contributed by atoms with E-state index in [0.29, 0.717) is 11.1 Å². The highest BCUT2D eigenvalue weighted by molar-refractivity contribution is 6.00. The molecule has 0 N–H and O–H groups in total. The highest BCUT2D eigenvalue weighted by Gasteiger charge is 2.18. The first-order chi connectivity index (χ1) is 11.0. The molecule has 0 aliphatic rings. The lowest BCUT2D eigenvalue weighted by Gasteiger charge is -2.03. The van der Waals surface area contributed by atoms with E-state index in [-0.39, 0.29) is 18.2 Å². The number of benzene rings is 1. The first-order valence-electron chi connectivity index (χ1n) is 7.29. The van der Waals surface area contributed by atoms with Crippen LogP contribution >= 0.6 is 0 Å². The first-order valence-corrected chi connectivity index (χ1v) is 7.29. The van der Waals surface area contributed by atoms with Gasteiger partial charge in [-0.05, 0) is 32.0 Å². The molecule has 2 heterocycles. The fraction of sp³-hybridized carbons (Fsp3) is 0.222. The van der Waals surface area contributed by atoms with Gasteiger partial charge in [0.25, 0.3) is 0 Å². The second kappa shape index (κ2) is 5.76. The molecule has 0 aliphatic heterocycles. The molecule has 0 bridgehead atoms. The fourth-order valence-corrected chi connectivity index (χ4v) is 2.50. The predicted octanol–water partition coefficient (Wildman–Crippen LogP) is 3.43. The number of hydrogen-bond donors (Lipinski definition) is 0. The molecule has 5 nitrogen and oxygen atoms in total. The lowest BCUT2D eigenvalue weighted by molar-refractivity contribution is 0.0446. The van der Waals surface area contributed by atoms with Gasteiger partial charge in [-0.3, -0.25) is 4.79 Å². The number of aromatic nitrogens is 1. The van der Waals surface area contributed by atoms with E-state index in [1.165, 1.54) is 0 Å². The maximum Gasteiger partial charge on any atom is 0.374 e. The van der Waals surface area contributed by atoms with Crippen molar-refractivity contribution >= 4 is 22.7 Å². The van der Waals surface area contributed by atoms with Crippen molar-refractivity contribution in [2.45, 2.75) is 13.8 Å². The van der Waals surface area contributed by atoms with Crippen molar-refractivity contribution in [3.8, 4) is 0 Å². The zero-order chi connectivity index (χ0) is 16.6. The number of ether oxygens (including phenoxy) is 1. The minimum Gasteiger partial charge on any atom is -0.451 e. The van der Waals surface area contributed by atoms with Crippen LogP contribution in [0.1, 0.15) is 32.3 Å². The van der Waals surface area contributed by atoms with Crippen molar-refractivity contribution in [2.24, 2.45) is 7.05 Å². The predicted molar refractivity (Wildman–Crippen MR) is 85.7 cm³/mol. The molecule has 0 saturated carbocycles. The number of carbonyl (C=O) groups is 2. The van der Waals surface area contributed by atoms with E-state index in [1.807, 2.05) is 43.7 Å². The molecule has 0 atom stereocenters. The number of nitrogens with zero attached hydrogens (tertiary/aromatic N) is 1. The summed E-state index contributed by atoms with van der Waals surface area (Å²) in [5.74, 6) is -0.768. The van der Waals surface area contributed by atoms with Crippen molar-refractivity contribution in [1.82, 2.24) is 4.57 Å². The molecule has 3 rings (SSSR count). The van der Waals surface area contributed by atoms with Gasteiger partial charge in [0.05, 0.1) is 0 Å².